The van der Waals surface area contributed by atoms with Gasteiger partial charge in [-0.2, -0.15) is 0 Å². The van der Waals surface area contributed by atoms with E-state index in [-0.39, 0.29) is 11.1 Å². The van der Waals surface area contributed by atoms with Gasteiger partial charge in [0, 0.05) is 11.1 Å². The summed E-state index contributed by atoms with van der Waals surface area (Å²) in [6, 6.07) is 0. The Bertz CT molecular complexity index is 490. The number of nitro groups is 1. The number of aldehydes is 1. The molecule has 1 amide bonds. The lowest BCUT2D eigenvalue weighted by atomic mass is 9.73. The lowest BCUT2D eigenvalue weighted by Gasteiger charge is -2.29. The van der Waals surface area contributed by atoms with Crippen molar-refractivity contribution in [2.45, 2.75) is 41.5 Å². The zero-order chi connectivity index (χ0) is 16.3. The molecule has 0 aromatic carbocycles. The summed E-state index contributed by atoms with van der Waals surface area (Å²) < 4.78 is 0. The standard InChI is InChI=1S/C13H19N2O5/c1-12(2,3)8(7-16)9(13(4,5)6)10(14-18)11(17)15(19)20/h7H,1-6H3/b9-8+,14-10-. The van der Waals surface area contributed by atoms with Crippen LogP contribution in [0.5, 0.6) is 0 Å². The molecule has 0 N–H and O–H groups in total. The average molecular weight is 283 g/mol. The monoisotopic (exact) mass is 283 g/mol. The molecule has 0 aliphatic rings. The summed E-state index contributed by atoms with van der Waals surface area (Å²) >= 11 is 0. The summed E-state index contributed by atoms with van der Waals surface area (Å²) in [5.74, 6) is -1.60. The molecule has 0 saturated carbocycles. The van der Waals surface area contributed by atoms with Crippen molar-refractivity contribution < 1.29 is 19.7 Å². The van der Waals surface area contributed by atoms with Crippen molar-refractivity contribution in [1.29, 1.82) is 0 Å². The molecule has 0 aliphatic heterocycles. The van der Waals surface area contributed by atoms with Crippen LogP contribution in [0.4, 0.5) is 0 Å². The van der Waals surface area contributed by atoms with Crippen LogP contribution >= 0.6 is 0 Å². The largest absolute Gasteiger partial charge is 0.498 e. The highest BCUT2D eigenvalue weighted by molar-refractivity contribution is 6.43. The van der Waals surface area contributed by atoms with Crippen LogP contribution < -0.4 is 0 Å². The Kier molecular flexibility index (Phi) is 5.33. The van der Waals surface area contributed by atoms with Crippen molar-refractivity contribution in [2.75, 3.05) is 0 Å². The molecule has 0 bridgehead atoms. The molecule has 0 rings (SSSR count). The maximum absolute atomic E-state index is 11.5. The van der Waals surface area contributed by atoms with E-state index >= 15 is 0 Å². The second kappa shape index (κ2) is 5.94. The smallest absolute Gasteiger partial charge is 0.298 e. The van der Waals surface area contributed by atoms with Crippen molar-refractivity contribution >= 4 is 17.9 Å². The van der Waals surface area contributed by atoms with Gasteiger partial charge < -0.3 is 0 Å². The molecule has 0 unspecified atom stereocenters. The predicted molar refractivity (Wildman–Crippen MR) is 72.1 cm³/mol. The van der Waals surface area contributed by atoms with Gasteiger partial charge in [-0.1, -0.05) is 41.5 Å². The first-order valence-electron chi connectivity index (χ1n) is 5.97. The van der Waals surface area contributed by atoms with Crippen LogP contribution in [-0.4, -0.2) is 22.8 Å². The molecule has 111 valence electrons. The first-order valence-corrected chi connectivity index (χ1v) is 5.97. The highest BCUT2D eigenvalue weighted by atomic mass is 16.6. The maximum atomic E-state index is 11.5. The third-order valence-electron chi connectivity index (χ3n) is 2.64. The Labute approximate surface area is 117 Å². The molecule has 0 aromatic heterocycles. The van der Waals surface area contributed by atoms with Crippen molar-refractivity contribution in [3.8, 4) is 0 Å². The molecule has 0 fully saturated rings. The van der Waals surface area contributed by atoms with Gasteiger partial charge >= 0.3 is 5.91 Å². The number of hydrogen-bond acceptors (Lipinski definition) is 5. The minimum absolute atomic E-state index is 0.0108. The van der Waals surface area contributed by atoms with E-state index in [4.69, 9.17) is 0 Å². The zero-order valence-electron chi connectivity index (χ0n) is 12.5. The number of hydrogen-bond donors (Lipinski definition) is 0. The van der Waals surface area contributed by atoms with Gasteiger partial charge in [0.25, 0.3) is 0 Å². The van der Waals surface area contributed by atoms with Gasteiger partial charge in [-0.3, -0.25) is 14.9 Å². The van der Waals surface area contributed by atoms with E-state index in [1.807, 2.05) is 0 Å². The number of allylic oxidation sites excluding steroid dienone is 1. The van der Waals surface area contributed by atoms with Crippen LogP contribution in [0.2, 0.25) is 0 Å². The second-order valence-corrected chi connectivity index (χ2v) is 6.41. The van der Waals surface area contributed by atoms with Crippen LogP contribution in [0.25, 0.3) is 0 Å². The Hall–Kier alpha value is -2.05. The summed E-state index contributed by atoms with van der Waals surface area (Å²) in [6.45, 7) is 10.1. The molecule has 7 heteroatoms. The lowest BCUT2D eigenvalue weighted by molar-refractivity contribution is -0.393. The highest BCUT2D eigenvalue weighted by Crippen LogP contribution is 2.36. The molecule has 0 heterocycles. The molecular formula is C13H19N2O5. The topological polar surface area (TPSA) is 110 Å². The molecule has 0 aromatic rings. The second-order valence-electron chi connectivity index (χ2n) is 6.41. The first-order chi connectivity index (χ1) is 8.87. The fraction of sp³-hybridized carbons (Fsp3) is 0.615. The van der Waals surface area contributed by atoms with Crippen LogP contribution in [0.15, 0.2) is 16.3 Å². The van der Waals surface area contributed by atoms with E-state index in [0.29, 0.717) is 6.29 Å². The molecular weight excluding hydrogens is 264 g/mol. The van der Waals surface area contributed by atoms with E-state index in [0.717, 1.165) is 0 Å². The Balaban J connectivity index is 6.49. The number of rotatable bonds is 3. The summed E-state index contributed by atoms with van der Waals surface area (Å²) in [4.78, 5) is 32.3. The van der Waals surface area contributed by atoms with Gasteiger partial charge in [0.05, 0.1) is 0 Å². The van der Waals surface area contributed by atoms with Crippen LogP contribution in [0.3, 0.4) is 0 Å². The SMILES string of the molecule is CC(C)(C)/C(C=O)=C(\C(=N\[O])C(=O)[N+](=O)[O-])C(C)(C)C. The minimum Gasteiger partial charge on any atom is -0.298 e. The van der Waals surface area contributed by atoms with Gasteiger partial charge in [-0.15, -0.1) is 5.21 Å². The summed E-state index contributed by atoms with van der Waals surface area (Å²) in [5.41, 5.74) is -2.17. The molecule has 0 saturated heterocycles. The van der Waals surface area contributed by atoms with E-state index in [2.05, 4.69) is 5.16 Å². The van der Waals surface area contributed by atoms with Gasteiger partial charge in [-0.05, 0) is 16.0 Å². The van der Waals surface area contributed by atoms with Crippen molar-refractivity contribution in [3.05, 3.63) is 21.3 Å². The Morgan fingerprint density at radius 3 is 1.75 bits per heavy atom. The van der Waals surface area contributed by atoms with Gasteiger partial charge in [0.15, 0.2) is 0 Å². The Morgan fingerprint density at radius 1 is 1.10 bits per heavy atom. The molecule has 1 radical (unpaired) electrons. The van der Waals surface area contributed by atoms with Crippen LogP contribution in [0, 0.1) is 20.9 Å². The predicted octanol–water partition coefficient (Wildman–Crippen LogP) is 2.16. The summed E-state index contributed by atoms with van der Waals surface area (Å²) in [6.07, 6.45) is 0.513. The number of carbonyl (C=O) groups is 2. The normalized spacial score (nSPS) is 14.6. The van der Waals surface area contributed by atoms with E-state index in [1.165, 1.54) is 0 Å². The number of carbonyl (C=O) groups excluding carboxylic acids is 2. The fourth-order valence-corrected chi connectivity index (χ4v) is 1.78. The van der Waals surface area contributed by atoms with Crippen molar-refractivity contribution in [2.24, 2.45) is 16.0 Å². The van der Waals surface area contributed by atoms with Gasteiger partial charge in [-0.25, -0.2) is 4.79 Å². The molecule has 7 nitrogen and oxygen atoms in total. The Morgan fingerprint density at radius 2 is 1.55 bits per heavy atom. The third kappa shape index (κ3) is 3.97. The quantitative estimate of drug-likeness (QED) is 0.260. The average Bonchev–Trinajstić information content (AvgIpc) is 2.25. The first kappa shape index (κ1) is 17.9. The van der Waals surface area contributed by atoms with Gasteiger partial charge in [0.1, 0.15) is 11.2 Å². The molecule has 0 atom stereocenters. The van der Waals surface area contributed by atoms with Crippen LogP contribution in [0.1, 0.15) is 41.5 Å². The van der Waals surface area contributed by atoms with E-state index < -0.39 is 27.4 Å². The van der Waals surface area contributed by atoms with E-state index in [9.17, 15) is 24.9 Å². The fourth-order valence-electron chi connectivity index (χ4n) is 1.78. The molecule has 0 spiro atoms. The van der Waals surface area contributed by atoms with Crippen molar-refractivity contribution in [3.63, 3.8) is 0 Å². The number of nitrogens with zero attached hydrogens (tertiary/aromatic N) is 2. The molecule has 20 heavy (non-hydrogen) atoms. The summed E-state index contributed by atoms with van der Waals surface area (Å²) in [7, 11) is 0. The van der Waals surface area contributed by atoms with Crippen LogP contribution in [-0.2, 0) is 14.8 Å². The molecule has 0 aliphatic carbocycles. The lowest BCUT2D eigenvalue weighted by Crippen LogP contribution is -2.33. The number of amides is 1. The summed E-state index contributed by atoms with van der Waals surface area (Å²) in [5, 5.41) is 24.1. The zero-order valence-corrected chi connectivity index (χ0v) is 12.5. The minimum atomic E-state index is -1.60. The van der Waals surface area contributed by atoms with Gasteiger partial charge in [0.2, 0.25) is 5.71 Å². The third-order valence-corrected chi connectivity index (χ3v) is 2.64. The van der Waals surface area contributed by atoms with Crippen molar-refractivity contribution in [1.82, 2.24) is 0 Å². The van der Waals surface area contributed by atoms with E-state index in [1.54, 1.807) is 41.5 Å². The highest BCUT2D eigenvalue weighted by Gasteiger charge is 2.39. The maximum Gasteiger partial charge on any atom is 0.498 e.